The Hall–Kier alpha value is -2.14. The molecule has 1 aliphatic rings. The van der Waals surface area contributed by atoms with Crippen LogP contribution in [0.15, 0.2) is 42.5 Å². The third kappa shape index (κ3) is 3.54. The van der Waals surface area contributed by atoms with Gasteiger partial charge in [-0.3, -0.25) is 4.90 Å². The Morgan fingerprint density at radius 1 is 0.864 bits per heavy atom. The summed E-state index contributed by atoms with van der Waals surface area (Å²) in [7, 11) is 0. The number of anilines is 2. The van der Waals surface area contributed by atoms with Crippen molar-refractivity contribution >= 4 is 11.4 Å². The zero-order valence-electron chi connectivity index (χ0n) is 12.3. The van der Waals surface area contributed by atoms with Crippen LogP contribution in [0.1, 0.15) is 5.56 Å². The molecule has 0 aliphatic carbocycles. The third-order valence-electron chi connectivity index (χ3n) is 3.97. The first-order valence-corrected chi connectivity index (χ1v) is 7.38. The van der Waals surface area contributed by atoms with Crippen molar-refractivity contribution in [2.75, 3.05) is 36.8 Å². The maximum Gasteiger partial charge on any atom is 0.128 e. The molecule has 0 saturated carbocycles. The molecule has 3 rings (SSSR count). The largest absolute Gasteiger partial charge is 0.399 e. The van der Waals surface area contributed by atoms with E-state index in [9.17, 15) is 8.78 Å². The van der Waals surface area contributed by atoms with Crippen LogP contribution in [0.5, 0.6) is 0 Å². The van der Waals surface area contributed by atoms with Crippen molar-refractivity contribution in [1.82, 2.24) is 4.90 Å². The highest BCUT2D eigenvalue weighted by Crippen LogP contribution is 2.20. The van der Waals surface area contributed by atoms with Gasteiger partial charge in [-0.15, -0.1) is 0 Å². The molecule has 22 heavy (non-hydrogen) atoms. The molecular formula is C17H19F2N3. The summed E-state index contributed by atoms with van der Waals surface area (Å²) < 4.78 is 26.6. The molecular weight excluding hydrogens is 284 g/mol. The number of benzene rings is 2. The van der Waals surface area contributed by atoms with Gasteiger partial charge in [-0.05, 0) is 29.8 Å². The number of hydrogen-bond acceptors (Lipinski definition) is 3. The van der Waals surface area contributed by atoms with E-state index in [4.69, 9.17) is 5.73 Å². The van der Waals surface area contributed by atoms with Crippen molar-refractivity contribution in [3.63, 3.8) is 0 Å². The lowest BCUT2D eigenvalue weighted by Gasteiger charge is -2.36. The first-order valence-electron chi connectivity index (χ1n) is 7.38. The molecule has 0 amide bonds. The van der Waals surface area contributed by atoms with Crippen LogP contribution >= 0.6 is 0 Å². The number of piperazine rings is 1. The summed E-state index contributed by atoms with van der Waals surface area (Å²) in [5.74, 6) is -1.06. The Labute approximate surface area is 128 Å². The van der Waals surface area contributed by atoms with Gasteiger partial charge in [-0.2, -0.15) is 0 Å². The number of nitrogen functional groups attached to an aromatic ring is 1. The van der Waals surface area contributed by atoms with Crippen molar-refractivity contribution < 1.29 is 8.78 Å². The Bertz CT molecular complexity index is 615. The Balaban J connectivity index is 1.59. The van der Waals surface area contributed by atoms with Gasteiger partial charge in [0, 0.05) is 50.2 Å². The molecule has 0 bridgehead atoms. The molecule has 0 spiro atoms. The maximum absolute atomic E-state index is 13.3. The van der Waals surface area contributed by atoms with Crippen LogP contribution in [0.2, 0.25) is 0 Å². The second kappa shape index (κ2) is 6.32. The van der Waals surface area contributed by atoms with Gasteiger partial charge in [0.25, 0.3) is 0 Å². The summed E-state index contributed by atoms with van der Waals surface area (Å²) in [5, 5.41) is 0. The van der Waals surface area contributed by atoms with Gasteiger partial charge in [0.15, 0.2) is 0 Å². The lowest BCUT2D eigenvalue weighted by molar-refractivity contribution is 0.250. The summed E-state index contributed by atoms with van der Waals surface area (Å²) >= 11 is 0. The van der Waals surface area contributed by atoms with Crippen molar-refractivity contribution in [2.45, 2.75) is 6.54 Å². The van der Waals surface area contributed by atoms with Crippen molar-refractivity contribution in [3.8, 4) is 0 Å². The van der Waals surface area contributed by atoms with E-state index < -0.39 is 11.6 Å². The quantitative estimate of drug-likeness (QED) is 0.885. The molecule has 5 heteroatoms. The zero-order chi connectivity index (χ0) is 15.5. The first kappa shape index (κ1) is 14.8. The van der Waals surface area contributed by atoms with Crippen LogP contribution in [0, 0.1) is 11.6 Å². The molecule has 2 N–H and O–H groups in total. The average Bonchev–Trinajstić information content (AvgIpc) is 2.49. The first-order chi connectivity index (χ1) is 10.6. The standard InChI is InChI=1S/C17H19F2N3/c18-14-9-15(19)11-17(10-14)22-7-5-21(6-8-22)12-13-1-3-16(20)4-2-13/h1-4,9-11H,5-8,12,20H2. The number of hydrogen-bond donors (Lipinski definition) is 1. The van der Waals surface area contributed by atoms with E-state index in [1.54, 1.807) is 0 Å². The van der Waals surface area contributed by atoms with E-state index in [1.165, 1.54) is 17.7 Å². The molecule has 1 aliphatic heterocycles. The highest BCUT2D eigenvalue weighted by Gasteiger charge is 2.18. The van der Waals surface area contributed by atoms with Crippen molar-refractivity contribution in [2.24, 2.45) is 0 Å². The minimum absolute atomic E-state index is 0.528. The fourth-order valence-corrected chi connectivity index (χ4v) is 2.77. The second-order valence-corrected chi connectivity index (χ2v) is 5.63. The predicted molar refractivity (Wildman–Crippen MR) is 84.7 cm³/mol. The summed E-state index contributed by atoms with van der Waals surface area (Å²) in [4.78, 5) is 4.35. The van der Waals surface area contributed by atoms with Crippen LogP contribution in [0.4, 0.5) is 20.2 Å². The summed E-state index contributed by atoms with van der Waals surface area (Å²) in [6.07, 6.45) is 0. The SMILES string of the molecule is Nc1ccc(CN2CCN(c3cc(F)cc(F)c3)CC2)cc1. The predicted octanol–water partition coefficient (Wildman–Crippen LogP) is 2.87. The Kier molecular flexibility index (Phi) is 4.24. The van der Waals surface area contributed by atoms with Crippen LogP contribution in [-0.2, 0) is 6.54 Å². The Morgan fingerprint density at radius 2 is 1.45 bits per heavy atom. The van der Waals surface area contributed by atoms with Gasteiger partial charge in [0.2, 0.25) is 0 Å². The van der Waals surface area contributed by atoms with Crippen LogP contribution in [0.3, 0.4) is 0 Å². The highest BCUT2D eigenvalue weighted by atomic mass is 19.1. The summed E-state index contributed by atoms with van der Waals surface area (Å²) in [6.45, 7) is 4.12. The Morgan fingerprint density at radius 3 is 2.05 bits per heavy atom. The number of rotatable bonds is 3. The molecule has 116 valence electrons. The number of nitrogens with two attached hydrogens (primary N) is 1. The molecule has 1 fully saturated rings. The molecule has 0 atom stereocenters. The second-order valence-electron chi connectivity index (χ2n) is 5.63. The van der Waals surface area contributed by atoms with Gasteiger partial charge in [0.05, 0.1) is 0 Å². The van der Waals surface area contributed by atoms with E-state index in [0.717, 1.165) is 44.5 Å². The van der Waals surface area contributed by atoms with Crippen molar-refractivity contribution in [3.05, 3.63) is 59.7 Å². The van der Waals surface area contributed by atoms with Gasteiger partial charge < -0.3 is 10.6 Å². The number of halogens is 2. The van der Waals surface area contributed by atoms with Gasteiger partial charge in [-0.1, -0.05) is 12.1 Å². The van der Waals surface area contributed by atoms with E-state index in [-0.39, 0.29) is 0 Å². The fraction of sp³-hybridized carbons (Fsp3) is 0.294. The topological polar surface area (TPSA) is 32.5 Å². The summed E-state index contributed by atoms with van der Waals surface area (Å²) in [6, 6.07) is 11.5. The van der Waals surface area contributed by atoms with Crippen LogP contribution < -0.4 is 10.6 Å². The minimum Gasteiger partial charge on any atom is -0.399 e. The molecule has 0 aromatic heterocycles. The average molecular weight is 303 g/mol. The van der Waals surface area contributed by atoms with Gasteiger partial charge in [0.1, 0.15) is 11.6 Å². The molecule has 2 aromatic carbocycles. The molecule has 1 saturated heterocycles. The van der Waals surface area contributed by atoms with Gasteiger partial charge >= 0.3 is 0 Å². The van der Waals surface area contributed by atoms with Crippen LogP contribution in [-0.4, -0.2) is 31.1 Å². The molecule has 2 aromatic rings. The lowest BCUT2D eigenvalue weighted by atomic mass is 10.1. The fourth-order valence-electron chi connectivity index (χ4n) is 2.77. The van der Waals surface area contributed by atoms with E-state index in [2.05, 4.69) is 4.90 Å². The number of nitrogens with zero attached hydrogens (tertiary/aromatic N) is 2. The lowest BCUT2D eigenvalue weighted by Crippen LogP contribution is -2.46. The van der Waals surface area contributed by atoms with E-state index >= 15 is 0 Å². The molecule has 1 heterocycles. The monoisotopic (exact) mass is 303 g/mol. The zero-order valence-corrected chi connectivity index (χ0v) is 12.3. The smallest absolute Gasteiger partial charge is 0.128 e. The summed E-state index contributed by atoms with van der Waals surface area (Å²) in [5.41, 5.74) is 8.29. The van der Waals surface area contributed by atoms with Crippen molar-refractivity contribution in [1.29, 1.82) is 0 Å². The van der Waals surface area contributed by atoms with E-state index in [0.29, 0.717) is 5.69 Å². The van der Waals surface area contributed by atoms with E-state index in [1.807, 2.05) is 29.2 Å². The minimum atomic E-state index is -0.528. The van der Waals surface area contributed by atoms with Gasteiger partial charge in [-0.25, -0.2) is 8.78 Å². The highest BCUT2D eigenvalue weighted by molar-refractivity contribution is 5.47. The molecule has 0 radical (unpaired) electrons. The normalized spacial score (nSPS) is 16.0. The third-order valence-corrected chi connectivity index (χ3v) is 3.97. The van der Waals surface area contributed by atoms with Crippen LogP contribution in [0.25, 0.3) is 0 Å². The molecule has 3 nitrogen and oxygen atoms in total. The maximum atomic E-state index is 13.3. The molecule has 0 unspecified atom stereocenters.